The second-order valence-electron chi connectivity index (χ2n) is 15.6. The van der Waals surface area contributed by atoms with Gasteiger partial charge in [-0.05, 0) is 83.3 Å². The fourth-order valence-corrected chi connectivity index (χ4v) is 9.06. The number of aryl methyl sites for hydroxylation is 1. The lowest BCUT2D eigenvalue weighted by Gasteiger charge is -2.42. The number of amides is 1. The van der Waals surface area contributed by atoms with Crippen LogP contribution in [0.4, 0.5) is 10.5 Å². The van der Waals surface area contributed by atoms with Crippen LogP contribution in [0.2, 0.25) is 5.82 Å². The SMILES string of the molecule is B[C@@H]1[C@@H](C)C(=O)[C@@H](Cc2cncs2)C(O)O[C@H](CC)[C@@]2(C)OC(=O)N(CCCCn3cc(-c4cccc(N)c4)nn3)[C@@H]2[C@@H](C)NC[C@H](C)C[C@@]1(C)OC. The van der Waals surface area contributed by atoms with Crippen molar-refractivity contribution >= 4 is 36.7 Å². The molecule has 0 radical (unpaired) electrons. The Labute approximate surface area is 318 Å². The van der Waals surface area contributed by atoms with Gasteiger partial charge in [-0.25, -0.2) is 4.79 Å². The standard InChI is InChI=1S/C38H58BN7O6S/c1-8-31-38(6)34(46(36(49)52-38)15-10-9-14-45-21-30(43-44-45)26-12-11-13-27(40)16-26)25(4)42-19-23(2)18-37(5,50-7)33(39)24(3)32(47)29(35(48)51-31)17-28-20-41-22-53-28/h11-13,16,20-25,29,31,33-35,42,48H,8-10,14-15,17-19,39-40H2,1-7H3/t23-,24+,25-,29-,31-,33-,34-,35?,37-,38-/m1/s1. The maximum Gasteiger partial charge on any atom is 0.410 e. The number of nitrogens with one attached hydrogen (secondary N) is 1. The van der Waals surface area contributed by atoms with E-state index in [-0.39, 0.29) is 30.0 Å². The largest absolute Gasteiger partial charge is 0.438 e. The summed E-state index contributed by atoms with van der Waals surface area (Å²) in [6.45, 7) is 13.9. The van der Waals surface area contributed by atoms with Crippen LogP contribution in [0.5, 0.6) is 0 Å². The number of fused-ring (bicyclic) bond motifs is 1. The maximum atomic E-state index is 14.4. The number of thiazole rings is 1. The van der Waals surface area contributed by atoms with Crippen LogP contribution in [0.3, 0.4) is 0 Å². The molecule has 10 atom stereocenters. The molecule has 15 heteroatoms. The number of aliphatic hydroxyl groups excluding tert-OH is 1. The number of aromatic nitrogens is 4. The van der Waals surface area contributed by atoms with Crippen molar-refractivity contribution in [2.45, 2.75) is 122 Å². The van der Waals surface area contributed by atoms with E-state index in [1.165, 1.54) is 11.3 Å². The molecule has 2 aromatic heterocycles. The highest BCUT2D eigenvalue weighted by atomic mass is 32.1. The summed E-state index contributed by atoms with van der Waals surface area (Å²) in [7, 11) is 3.76. The first-order valence-corrected chi connectivity index (χ1v) is 19.9. The highest BCUT2D eigenvalue weighted by Gasteiger charge is 2.58. The molecule has 2 saturated heterocycles. The zero-order valence-corrected chi connectivity index (χ0v) is 33.3. The van der Waals surface area contributed by atoms with Gasteiger partial charge in [0.25, 0.3) is 0 Å². The molecule has 4 N–H and O–H groups in total. The summed E-state index contributed by atoms with van der Waals surface area (Å²) < 4.78 is 20.8. The van der Waals surface area contributed by atoms with Gasteiger partial charge in [0.1, 0.15) is 25.4 Å². The molecule has 0 saturated carbocycles. The zero-order chi connectivity index (χ0) is 38.5. The summed E-state index contributed by atoms with van der Waals surface area (Å²) in [6.07, 6.45) is 3.98. The fourth-order valence-electron chi connectivity index (χ4n) is 8.41. The molecule has 53 heavy (non-hydrogen) atoms. The third-order valence-electron chi connectivity index (χ3n) is 11.8. The van der Waals surface area contributed by atoms with Crippen LogP contribution >= 0.6 is 11.3 Å². The summed E-state index contributed by atoms with van der Waals surface area (Å²) in [4.78, 5) is 35.1. The van der Waals surface area contributed by atoms with E-state index in [0.717, 1.165) is 22.6 Å². The van der Waals surface area contributed by atoms with Crippen molar-refractivity contribution < 1.29 is 28.9 Å². The number of anilines is 1. The number of ketones is 1. The van der Waals surface area contributed by atoms with Crippen molar-refractivity contribution in [3.63, 3.8) is 0 Å². The Morgan fingerprint density at radius 3 is 2.62 bits per heavy atom. The monoisotopic (exact) mass is 751 g/mol. The third kappa shape index (κ3) is 9.13. The van der Waals surface area contributed by atoms with Crippen molar-refractivity contribution in [1.82, 2.24) is 30.2 Å². The first-order valence-electron chi connectivity index (χ1n) is 19.0. The van der Waals surface area contributed by atoms with Gasteiger partial charge in [-0.3, -0.25) is 19.4 Å². The predicted octanol–water partition coefficient (Wildman–Crippen LogP) is 4.37. The number of nitrogens with zero attached hydrogens (tertiary/aromatic N) is 5. The number of aliphatic hydroxyl groups is 1. The van der Waals surface area contributed by atoms with Crippen LogP contribution in [-0.2, 0) is 32.0 Å². The fraction of sp³-hybridized carbons (Fsp3) is 0.658. The molecule has 1 amide bonds. The summed E-state index contributed by atoms with van der Waals surface area (Å²) in [6, 6.07) is 6.94. The van der Waals surface area contributed by atoms with Crippen LogP contribution in [0.15, 0.2) is 42.2 Å². The molecule has 2 fully saturated rings. The highest BCUT2D eigenvalue weighted by molar-refractivity contribution is 7.09. The molecule has 290 valence electrons. The van der Waals surface area contributed by atoms with Gasteiger partial charge in [0, 0.05) is 54.5 Å². The van der Waals surface area contributed by atoms with E-state index in [0.29, 0.717) is 44.6 Å². The molecule has 2 aliphatic heterocycles. The lowest BCUT2D eigenvalue weighted by atomic mass is 9.62. The second-order valence-corrected chi connectivity index (χ2v) is 16.6. The van der Waals surface area contributed by atoms with Crippen LogP contribution in [0.1, 0.15) is 72.1 Å². The number of carbonyl (C=O) groups excluding carboxylic acids is 2. The minimum Gasteiger partial charge on any atom is -0.438 e. The van der Waals surface area contributed by atoms with E-state index in [1.807, 2.05) is 60.8 Å². The van der Waals surface area contributed by atoms with E-state index < -0.39 is 47.6 Å². The summed E-state index contributed by atoms with van der Waals surface area (Å²) in [5, 5.41) is 24.2. The van der Waals surface area contributed by atoms with Gasteiger partial charge in [-0.2, -0.15) is 0 Å². The van der Waals surface area contributed by atoms with Crippen LogP contribution in [0, 0.1) is 17.8 Å². The van der Waals surface area contributed by atoms with Gasteiger partial charge in [-0.15, -0.1) is 16.4 Å². The first kappa shape index (κ1) is 40.8. The smallest absolute Gasteiger partial charge is 0.410 e. The maximum absolute atomic E-state index is 14.4. The molecule has 0 spiro atoms. The van der Waals surface area contributed by atoms with Gasteiger partial charge in [-0.1, -0.05) is 38.1 Å². The molecule has 0 aliphatic carbocycles. The number of nitrogens with two attached hydrogens (primary N) is 1. The van der Waals surface area contributed by atoms with Crippen molar-refractivity contribution in [3.05, 3.63) is 47.0 Å². The number of hydrogen-bond donors (Lipinski definition) is 3. The minimum atomic E-state index is -1.43. The van der Waals surface area contributed by atoms with Gasteiger partial charge in [0.15, 0.2) is 11.9 Å². The molecule has 0 bridgehead atoms. The molecule has 13 nitrogen and oxygen atoms in total. The average Bonchev–Trinajstić information content (AvgIpc) is 3.89. The lowest BCUT2D eigenvalue weighted by Crippen LogP contribution is -2.61. The average molecular weight is 752 g/mol. The lowest BCUT2D eigenvalue weighted by molar-refractivity contribution is -0.212. The molecule has 1 aromatic carbocycles. The van der Waals surface area contributed by atoms with Gasteiger partial charge in [0.05, 0.1) is 29.3 Å². The third-order valence-corrected chi connectivity index (χ3v) is 12.6. The summed E-state index contributed by atoms with van der Waals surface area (Å²) in [5.74, 6) is -1.33. The van der Waals surface area contributed by atoms with Crippen molar-refractivity contribution in [1.29, 1.82) is 0 Å². The highest BCUT2D eigenvalue weighted by Crippen LogP contribution is 2.41. The van der Waals surface area contributed by atoms with Crippen LogP contribution in [-0.4, -0.2) is 106 Å². The predicted molar refractivity (Wildman–Crippen MR) is 208 cm³/mol. The second kappa shape index (κ2) is 17.4. The Kier molecular flexibility index (Phi) is 13.4. The van der Waals surface area contributed by atoms with Crippen LogP contribution < -0.4 is 11.1 Å². The Morgan fingerprint density at radius 1 is 1.19 bits per heavy atom. The number of benzene rings is 1. The van der Waals surface area contributed by atoms with Gasteiger partial charge < -0.3 is 30.4 Å². The zero-order valence-electron chi connectivity index (χ0n) is 32.5. The Hall–Kier alpha value is -3.37. The normalized spacial score (nSPS) is 33.2. The molecule has 2 aliphatic rings. The quantitative estimate of drug-likeness (QED) is 0.153. The molecule has 4 heterocycles. The van der Waals surface area contributed by atoms with E-state index in [9.17, 15) is 14.7 Å². The number of rotatable bonds is 10. The van der Waals surface area contributed by atoms with Crippen molar-refractivity contribution in [2.24, 2.45) is 17.8 Å². The molecular formula is C38H58BN7O6S. The number of nitrogen functional groups attached to an aromatic ring is 1. The Bertz CT molecular complexity index is 1660. The number of carbonyl (C=O) groups is 2. The number of hydrogen-bond acceptors (Lipinski definition) is 12. The van der Waals surface area contributed by atoms with E-state index in [2.05, 4.69) is 49.2 Å². The number of ether oxygens (including phenoxy) is 3. The van der Waals surface area contributed by atoms with Gasteiger partial charge >= 0.3 is 6.09 Å². The molecule has 5 rings (SSSR count). The van der Waals surface area contributed by atoms with Gasteiger partial charge in [0.2, 0.25) is 0 Å². The Balaban J connectivity index is 1.39. The Morgan fingerprint density at radius 2 is 1.94 bits per heavy atom. The van der Waals surface area contributed by atoms with Crippen molar-refractivity contribution in [2.75, 3.05) is 25.9 Å². The number of Topliss-reactive ketones (excluding diaryl/α,β-unsaturated/α-hetero) is 1. The molecule has 3 aromatic rings. The summed E-state index contributed by atoms with van der Waals surface area (Å²) >= 11 is 1.44. The molecule has 1 unspecified atom stereocenters. The van der Waals surface area contributed by atoms with E-state index in [1.54, 1.807) is 18.8 Å². The topological polar surface area (TPSA) is 167 Å². The van der Waals surface area contributed by atoms with Crippen LogP contribution in [0.25, 0.3) is 11.3 Å². The number of unbranched alkanes of at least 4 members (excludes halogenated alkanes) is 1. The first-order chi connectivity index (χ1) is 25.2. The summed E-state index contributed by atoms with van der Waals surface area (Å²) in [5.41, 5.74) is 8.28. The van der Waals surface area contributed by atoms with E-state index >= 15 is 0 Å². The van der Waals surface area contributed by atoms with E-state index in [4.69, 9.17) is 19.9 Å². The number of methoxy groups -OCH3 is 1. The minimum absolute atomic E-state index is 0.0929. The van der Waals surface area contributed by atoms with Crippen molar-refractivity contribution in [3.8, 4) is 11.3 Å². The molecular weight excluding hydrogens is 693 g/mol.